The molecule has 2 N–H and O–H groups in total. The Bertz CT molecular complexity index is 986. The van der Waals surface area contributed by atoms with Crippen LogP contribution in [0.5, 0.6) is 0 Å². The van der Waals surface area contributed by atoms with Crippen LogP contribution in [0.15, 0.2) is 40.7 Å². The summed E-state index contributed by atoms with van der Waals surface area (Å²) >= 11 is 0. The summed E-state index contributed by atoms with van der Waals surface area (Å²) in [5.74, 6) is -0.460. The van der Waals surface area contributed by atoms with Crippen molar-refractivity contribution in [3.8, 4) is 0 Å². The molecule has 0 aliphatic rings. The number of aryl methyl sites for hydroxylation is 2. The van der Waals surface area contributed by atoms with Gasteiger partial charge in [-0.1, -0.05) is 0 Å². The van der Waals surface area contributed by atoms with Crippen LogP contribution in [0.4, 0.5) is 10.2 Å². The van der Waals surface area contributed by atoms with Crippen molar-refractivity contribution < 1.29 is 14.3 Å². The summed E-state index contributed by atoms with van der Waals surface area (Å²) in [6.07, 6.45) is 4.52. The molecule has 0 fully saturated rings. The third-order valence-corrected chi connectivity index (χ3v) is 3.80. The third kappa shape index (κ3) is 3.32. The fraction of sp³-hybridized carbons (Fsp3) is 0.176. The molecule has 0 saturated carbocycles. The summed E-state index contributed by atoms with van der Waals surface area (Å²) in [7, 11) is 0. The summed E-state index contributed by atoms with van der Waals surface area (Å²) in [5, 5.41) is 9.42. The number of nitrogens with zero attached hydrogens (tertiary/aromatic N) is 4. The molecule has 25 heavy (non-hydrogen) atoms. The van der Waals surface area contributed by atoms with Crippen LogP contribution in [0.3, 0.4) is 0 Å². The smallest absolute Gasteiger partial charge is 0.305 e. The summed E-state index contributed by atoms with van der Waals surface area (Å²) in [6, 6.07) is 3.20. The van der Waals surface area contributed by atoms with Gasteiger partial charge in [0.15, 0.2) is 5.84 Å². The molecule has 3 heterocycles. The molecule has 0 spiro atoms. The molecule has 0 saturated heterocycles. The number of halogens is 1. The number of aliphatic carboxylic acids is 1. The first kappa shape index (κ1) is 16.6. The lowest BCUT2D eigenvalue weighted by Crippen LogP contribution is -2.04. The number of pyridine rings is 1. The highest BCUT2D eigenvalue weighted by Crippen LogP contribution is 2.24. The van der Waals surface area contributed by atoms with Crippen molar-refractivity contribution in [3.63, 3.8) is 0 Å². The van der Waals surface area contributed by atoms with E-state index in [1.54, 1.807) is 17.0 Å². The second-order valence-corrected chi connectivity index (χ2v) is 5.51. The normalized spacial score (nSPS) is 11.8. The van der Waals surface area contributed by atoms with E-state index in [9.17, 15) is 9.18 Å². The lowest BCUT2D eigenvalue weighted by molar-refractivity contribution is -0.137. The average Bonchev–Trinajstić information content (AvgIpc) is 3.14. The number of aromatic nitrogens is 3. The summed E-state index contributed by atoms with van der Waals surface area (Å²) in [6.45, 7) is 5.70. The van der Waals surface area contributed by atoms with E-state index >= 15 is 0 Å². The number of carboxylic acids is 1. The Morgan fingerprint density at radius 1 is 1.52 bits per heavy atom. The van der Waals surface area contributed by atoms with E-state index in [0.29, 0.717) is 28.3 Å². The summed E-state index contributed by atoms with van der Waals surface area (Å²) < 4.78 is 15.3. The number of aliphatic imine (C=N–C) groups is 2. The Morgan fingerprint density at radius 2 is 2.32 bits per heavy atom. The van der Waals surface area contributed by atoms with Crippen molar-refractivity contribution in [2.75, 3.05) is 0 Å². The van der Waals surface area contributed by atoms with E-state index in [4.69, 9.17) is 5.11 Å². The minimum absolute atomic E-state index is 0.0181. The molecule has 0 atom stereocenters. The Balaban J connectivity index is 2.06. The molecular formula is C17H16FN5O2. The van der Waals surface area contributed by atoms with Crippen LogP contribution in [0, 0.1) is 12.7 Å². The topological polar surface area (TPSA) is 95.6 Å². The van der Waals surface area contributed by atoms with Gasteiger partial charge in [0.2, 0.25) is 0 Å². The summed E-state index contributed by atoms with van der Waals surface area (Å²) in [4.78, 5) is 26.2. The van der Waals surface area contributed by atoms with E-state index in [1.165, 1.54) is 6.07 Å². The van der Waals surface area contributed by atoms with Crippen LogP contribution in [0.2, 0.25) is 0 Å². The summed E-state index contributed by atoms with van der Waals surface area (Å²) in [5.41, 5.74) is 1.96. The number of carbonyl (C=O) groups is 1. The lowest BCUT2D eigenvalue weighted by atomic mass is 10.2. The number of hydrogen-bond acceptors (Lipinski definition) is 3. The molecule has 3 aromatic heterocycles. The molecule has 3 aromatic rings. The fourth-order valence-corrected chi connectivity index (χ4v) is 2.57. The predicted octanol–water partition coefficient (Wildman–Crippen LogP) is 3.07. The van der Waals surface area contributed by atoms with Gasteiger partial charge in [0.25, 0.3) is 0 Å². The average molecular weight is 341 g/mol. The number of nitrogens with one attached hydrogen (secondary N) is 1. The van der Waals surface area contributed by atoms with Crippen molar-refractivity contribution >= 4 is 35.4 Å². The maximum Gasteiger partial charge on any atom is 0.305 e. The quantitative estimate of drug-likeness (QED) is 0.551. The van der Waals surface area contributed by atoms with Crippen LogP contribution >= 0.6 is 0 Å². The first-order valence-electron chi connectivity index (χ1n) is 7.55. The highest BCUT2D eigenvalue weighted by molar-refractivity contribution is 6.11. The van der Waals surface area contributed by atoms with Gasteiger partial charge in [0.05, 0.1) is 12.6 Å². The Labute approximate surface area is 142 Å². The number of fused-ring (bicyclic) bond motifs is 1. The second-order valence-electron chi connectivity index (χ2n) is 5.51. The minimum Gasteiger partial charge on any atom is -0.481 e. The van der Waals surface area contributed by atoms with E-state index in [1.807, 2.05) is 13.0 Å². The molecule has 0 bridgehead atoms. The van der Waals surface area contributed by atoms with E-state index in [-0.39, 0.29) is 13.0 Å². The largest absolute Gasteiger partial charge is 0.481 e. The first-order valence-corrected chi connectivity index (χ1v) is 7.55. The van der Waals surface area contributed by atoms with Gasteiger partial charge in [-0.15, -0.1) is 0 Å². The minimum atomic E-state index is -0.887. The molecule has 7 nitrogen and oxygen atoms in total. The van der Waals surface area contributed by atoms with Gasteiger partial charge in [-0.05, 0) is 31.3 Å². The van der Waals surface area contributed by atoms with Crippen LogP contribution < -0.4 is 0 Å². The number of H-pyrrole nitrogens is 1. The van der Waals surface area contributed by atoms with Gasteiger partial charge >= 0.3 is 5.97 Å². The maximum absolute atomic E-state index is 13.5. The molecule has 128 valence electrons. The molecule has 0 aromatic carbocycles. The van der Waals surface area contributed by atoms with Crippen LogP contribution in [0.1, 0.15) is 17.5 Å². The van der Waals surface area contributed by atoms with Crippen molar-refractivity contribution in [3.05, 3.63) is 47.7 Å². The standard InChI is InChI=1S/C17H16FN5O2/c1-10-3-5-23(6-4-14(24)25)17(10)22-15(19-2)13-9-21-16-12(13)7-11(18)8-20-16/h3,5,7-9H,2,4,6H2,1H3,(H,20,21)(H,24,25). The van der Waals surface area contributed by atoms with Gasteiger partial charge in [0, 0.05) is 29.9 Å². The molecule has 0 aliphatic carbocycles. The van der Waals surface area contributed by atoms with E-state index < -0.39 is 11.8 Å². The van der Waals surface area contributed by atoms with Crippen molar-refractivity contribution in [1.82, 2.24) is 14.5 Å². The highest BCUT2D eigenvalue weighted by Gasteiger charge is 2.13. The monoisotopic (exact) mass is 341 g/mol. The fourth-order valence-electron chi connectivity index (χ4n) is 2.57. The number of hydrogen-bond donors (Lipinski definition) is 2. The van der Waals surface area contributed by atoms with E-state index in [2.05, 4.69) is 26.7 Å². The molecule has 8 heteroatoms. The zero-order chi connectivity index (χ0) is 18.0. The van der Waals surface area contributed by atoms with Crippen molar-refractivity contribution in [1.29, 1.82) is 0 Å². The Kier molecular flexibility index (Phi) is 4.42. The van der Waals surface area contributed by atoms with Crippen molar-refractivity contribution in [2.45, 2.75) is 19.9 Å². The predicted molar refractivity (Wildman–Crippen MR) is 93.2 cm³/mol. The number of aromatic amines is 1. The first-order chi connectivity index (χ1) is 12.0. The van der Waals surface area contributed by atoms with Gasteiger partial charge in [-0.25, -0.2) is 19.4 Å². The third-order valence-electron chi connectivity index (χ3n) is 3.80. The zero-order valence-electron chi connectivity index (χ0n) is 13.5. The molecular weight excluding hydrogens is 325 g/mol. The van der Waals surface area contributed by atoms with Crippen LogP contribution in [-0.4, -0.2) is 38.2 Å². The van der Waals surface area contributed by atoms with E-state index in [0.717, 1.165) is 11.8 Å². The molecule has 0 amide bonds. The molecule has 0 aliphatic heterocycles. The van der Waals surface area contributed by atoms with Gasteiger partial charge in [-0.2, -0.15) is 0 Å². The zero-order valence-corrected chi connectivity index (χ0v) is 13.5. The number of amidine groups is 1. The molecule has 0 unspecified atom stereocenters. The molecule has 3 rings (SSSR count). The van der Waals surface area contributed by atoms with Crippen LogP contribution in [-0.2, 0) is 11.3 Å². The Hall–Kier alpha value is -3.29. The number of carboxylic acid groups (broad SMARTS) is 1. The Morgan fingerprint density at radius 3 is 3.04 bits per heavy atom. The SMILES string of the molecule is C=NC(=Nc1c(C)ccn1CCC(=O)O)c1c[nH]c2ncc(F)cc12. The maximum atomic E-state index is 13.5. The number of rotatable bonds is 5. The molecule has 0 radical (unpaired) electrons. The van der Waals surface area contributed by atoms with Gasteiger partial charge < -0.3 is 14.7 Å². The van der Waals surface area contributed by atoms with Crippen molar-refractivity contribution in [2.24, 2.45) is 9.98 Å². The van der Waals surface area contributed by atoms with Crippen LogP contribution in [0.25, 0.3) is 11.0 Å². The second kappa shape index (κ2) is 6.68. The lowest BCUT2D eigenvalue weighted by Gasteiger charge is -2.06. The highest BCUT2D eigenvalue weighted by atomic mass is 19.1. The van der Waals surface area contributed by atoms with Gasteiger partial charge in [0.1, 0.15) is 17.3 Å². The van der Waals surface area contributed by atoms with Gasteiger partial charge in [-0.3, -0.25) is 4.79 Å².